The third-order valence-corrected chi connectivity index (χ3v) is 5.23. The first-order valence-electron chi connectivity index (χ1n) is 8.45. The highest BCUT2D eigenvalue weighted by atomic mass is 16.5. The van der Waals surface area contributed by atoms with E-state index in [1.165, 1.54) is 31.4 Å². The highest BCUT2D eigenvalue weighted by Crippen LogP contribution is 2.44. The van der Waals surface area contributed by atoms with Crippen LogP contribution in [0, 0.1) is 0 Å². The fourth-order valence-electron chi connectivity index (χ4n) is 3.89. The first-order valence-corrected chi connectivity index (χ1v) is 8.45. The molecule has 0 spiro atoms. The lowest BCUT2D eigenvalue weighted by molar-refractivity contribution is -0.133. The number of ketones is 2. The number of allylic oxidation sites excluding steroid dienone is 1. The highest BCUT2D eigenvalue weighted by Gasteiger charge is 2.37. The normalized spacial score (nSPS) is 15.2. The smallest absolute Gasteiger partial charge is 0.338 e. The van der Waals surface area contributed by atoms with Gasteiger partial charge in [-0.15, -0.1) is 0 Å². The molecule has 0 saturated carbocycles. The zero-order chi connectivity index (χ0) is 19.5. The molecule has 4 rings (SSSR count). The zero-order valence-electron chi connectivity index (χ0n) is 14.8. The Hall–Kier alpha value is -3.41. The summed E-state index contributed by atoms with van der Waals surface area (Å²) in [6, 6.07) is 5.74. The molecule has 2 aromatic rings. The predicted octanol–water partition coefficient (Wildman–Crippen LogP) is 2.77. The van der Waals surface area contributed by atoms with Crippen molar-refractivity contribution in [3.63, 3.8) is 0 Å². The first kappa shape index (κ1) is 17.0. The molecule has 2 aliphatic carbocycles. The average molecular weight is 364 g/mol. The average Bonchev–Trinajstić information content (AvgIpc) is 2.65. The van der Waals surface area contributed by atoms with Crippen LogP contribution in [0.1, 0.15) is 56.3 Å². The molecular weight excluding hydrogens is 348 g/mol. The summed E-state index contributed by atoms with van der Waals surface area (Å²) in [5, 5.41) is 20.9. The molecule has 6 heteroatoms. The number of phenolic OH excluding ortho intramolecular Hbond substituents is 2. The van der Waals surface area contributed by atoms with Gasteiger partial charge in [0, 0.05) is 16.7 Å². The number of hydrogen-bond acceptors (Lipinski definition) is 6. The van der Waals surface area contributed by atoms with Crippen LogP contribution in [-0.2, 0) is 16.0 Å². The monoisotopic (exact) mass is 364 g/mol. The molecule has 0 aromatic heterocycles. The maximum atomic E-state index is 13.0. The van der Waals surface area contributed by atoms with E-state index in [1.54, 1.807) is 6.92 Å². The largest absolute Gasteiger partial charge is 0.507 e. The number of ether oxygens (including phenoxy) is 1. The Labute approximate surface area is 154 Å². The number of aromatic hydroxyl groups is 2. The number of rotatable bonds is 1. The minimum atomic E-state index is -0.608. The van der Waals surface area contributed by atoms with Crippen molar-refractivity contribution in [2.45, 2.75) is 19.8 Å². The third-order valence-electron chi connectivity index (χ3n) is 5.23. The second-order valence-corrected chi connectivity index (χ2v) is 6.68. The van der Waals surface area contributed by atoms with Crippen LogP contribution in [0.25, 0.3) is 5.57 Å². The number of phenols is 2. The lowest BCUT2D eigenvalue weighted by atomic mass is 9.77. The van der Waals surface area contributed by atoms with E-state index < -0.39 is 17.5 Å². The Morgan fingerprint density at radius 2 is 1.74 bits per heavy atom. The van der Waals surface area contributed by atoms with E-state index in [1.807, 2.05) is 0 Å². The van der Waals surface area contributed by atoms with Crippen LogP contribution in [0.4, 0.5) is 0 Å². The van der Waals surface area contributed by atoms with Crippen LogP contribution in [0.3, 0.4) is 0 Å². The minimum absolute atomic E-state index is 0.0189. The molecule has 0 atom stereocenters. The molecule has 0 aliphatic heterocycles. The predicted molar refractivity (Wildman–Crippen MR) is 96.0 cm³/mol. The van der Waals surface area contributed by atoms with Crippen molar-refractivity contribution in [3.8, 4) is 11.5 Å². The van der Waals surface area contributed by atoms with Gasteiger partial charge < -0.3 is 14.9 Å². The summed E-state index contributed by atoms with van der Waals surface area (Å²) in [6.07, 6.45) is 0.948. The van der Waals surface area contributed by atoms with Crippen molar-refractivity contribution in [2.24, 2.45) is 0 Å². The van der Waals surface area contributed by atoms with Gasteiger partial charge in [-0.2, -0.15) is 0 Å². The molecule has 136 valence electrons. The van der Waals surface area contributed by atoms with E-state index in [4.69, 9.17) is 4.74 Å². The lowest BCUT2D eigenvalue weighted by Gasteiger charge is -2.26. The topological polar surface area (TPSA) is 101 Å². The molecule has 0 heterocycles. The van der Waals surface area contributed by atoms with Crippen LogP contribution in [0.15, 0.2) is 29.8 Å². The summed E-state index contributed by atoms with van der Waals surface area (Å²) < 4.78 is 4.86. The van der Waals surface area contributed by atoms with Crippen molar-refractivity contribution in [1.29, 1.82) is 0 Å². The summed E-state index contributed by atoms with van der Waals surface area (Å²) in [6.45, 7) is 1.80. The van der Waals surface area contributed by atoms with Gasteiger partial charge in [0.1, 0.15) is 11.5 Å². The minimum Gasteiger partial charge on any atom is -0.507 e. The van der Waals surface area contributed by atoms with Crippen molar-refractivity contribution in [3.05, 3.63) is 63.2 Å². The van der Waals surface area contributed by atoms with Crippen molar-refractivity contribution in [1.82, 2.24) is 0 Å². The lowest BCUT2D eigenvalue weighted by Crippen LogP contribution is -2.23. The number of carbonyl (C=O) groups is 3. The Morgan fingerprint density at radius 3 is 2.44 bits per heavy atom. The van der Waals surface area contributed by atoms with E-state index in [2.05, 4.69) is 0 Å². The Balaban J connectivity index is 2.04. The maximum absolute atomic E-state index is 13.0. The Bertz CT molecular complexity index is 1090. The number of esters is 1. The zero-order valence-corrected chi connectivity index (χ0v) is 14.8. The van der Waals surface area contributed by atoms with E-state index >= 15 is 0 Å². The van der Waals surface area contributed by atoms with Gasteiger partial charge in [-0.25, -0.2) is 4.79 Å². The molecular formula is C21H16O6. The van der Waals surface area contributed by atoms with Crippen molar-refractivity contribution >= 4 is 23.1 Å². The van der Waals surface area contributed by atoms with E-state index in [9.17, 15) is 24.6 Å². The van der Waals surface area contributed by atoms with Crippen LogP contribution in [0.5, 0.6) is 11.5 Å². The first-order chi connectivity index (χ1) is 12.9. The maximum Gasteiger partial charge on any atom is 0.338 e. The van der Waals surface area contributed by atoms with Crippen LogP contribution >= 0.6 is 0 Å². The van der Waals surface area contributed by atoms with Gasteiger partial charge in [0.15, 0.2) is 5.78 Å². The van der Waals surface area contributed by atoms with E-state index in [-0.39, 0.29) is 33.8 Å². The summed E-state index contributed by atoms with van der Waals surface area (Å²) in [5.41, 5.74) is 1.79. The second-order valence-electron chi connectivity index (χ2n) is 6.68. The molecule has 2 aliphatic rings. The number of hydrogen-bond donors (Lipinski definition) is 2. The van der Waals surface area contributed by atoms with Gasteiger partial charge in [-0.3, -0.25) is 9.59 Å². The molecule has 0 unspecified atom stereocenters. The summed E-state index contributed by atoms with van der Waals surface area (Å²) in [5.74, 6) is -2.27. The quantitative estimate of drug-likeness (QED) is 0.644. The second kappa shape index (κ2) is 5.81. The van der Waals surface area contributed by atoms with Gasteiger partial charge in [-0.1, -0.05) is 17.7 Å². The van der Waals surface area contributed by atoms with E-state index in [0.717, 1.165) is 5.57 Å². The molecule has 2 aromatic carbocycles. The van der Waals surface area contributed by atoms with Gasteiger partial charge in [-0.05, 0) is 37.5 Å². The highest BCUT2D eigenvalue weighted by molar-refractivity contribution is 6.31. The molecule has 27 heavy (non-hydrogen) atoms. The van der Waals surface area contributed by atoms with Crippen LogP contribution in [0.2, 0.25) is 0 Å². The van der Waals surface area contributed by atoms with Gasteiger partial charge in [0.25, 0.3) is 0 Å². The molecule has 0 bridgehead atoms. The SMILES string of the molecule is COC(=O)C1=C(C)CCc2c1cc1c(c2O)C(=O)c2c(O)cccc2C1=O. The number of methoxy groups -OCH3 is 1. The van der Waals surface area contributed by atoms with Gasteiger partial charge in [0.2, 0.25) is 5.78 Å². The standard InChI is InChI=1S/C21H16O6/c1-9-6-7-10-12(15(9)21(26)27-2)8-13-17(19(10)24)20(25)16-11(18(13)23)4-3-5-14(16)22/h3-5,8,22,24H,6-7H2,1-2H3. The fraction of sp³-hybridized carbons (Fsp3) is 0.190. The Kier molecular flexibility index (Phi) is 3.66. The molecule has 6 nitrogen and oxygen atoms in total. The molecule has 0 fully saturated rings. The summed E-state index contributed by atoms with van der Waals surface area (Å²) in [7, 11) is 1.27. The number of benzene rings is 2. The van der Waals surface area contributed by atoms with Gasteiger partial charge >= 0.3 is 5.97 Å². The molecule has 2 N–H and O–H groups in total. The van der Waals surface area contributed by atoms with Gasteiger partial charge in [0.05, 0.1) is 23.8 Å². The third kappa shape index (κ3) is 2.23. The molecule has 0 radical (unpaired) electrons. The molecule has 0 amide bonds. The van der Waals surface area contributed by atoms with Crippen LogP contribution in [-0.4, -0.2) is 34.9 Å². The van der Waals surface area contributed by atoms with Crippen molar-refractivity contribution in [2.75, 3.05) is 7.11 Å². The fourth-order valence-corrected chi connectivity index (χ4v) is 3.89. The number of carbonyl (C=O) groups excluding carboxylic acids is 3. The van der Waals surface area contributed by atoms with E-state index in [0.29, 0.717) is 29.5 Å². The van der Waals surface area contributed by atoms with Crippen LogP contribution < -0.4 is 0 Å². The Morgan fingerprint density at radius 1 is 1.00 bits per heavy atom. The summed E-state index contributed by atoms with van der Waals surface area (Å²) >= 11 is 0. The molecule has 0 saturated heterocycles. The number of fused-ring (bicyclic) bond motifs is 3. The van der Waals surface area contributed by atoms with Crippen molar-refractivity contribution < 1.29 is 29.3 Å². The summed E-state index contributed by atoms with van der Waals surface area (Å²) in [4.78, 5) is 38.2.